The van der Waals surface area contributed by atoms with Gasteiger partial charge in [-0.1, -0.05) is 6.08 Å². The molecule has 13 heavy (non-hydrogen) atoms. The summed E-state index contributed by atoms with van der Waals surface area (Å²) in [5.41, 5.74) is 0. The third-order valence-electron chi connectivity index (χ3n) is 2.02. The lowest BCUT2D eigenvalue weighted by atomic mass is 10.4. The van der Waals surface area contributed by atoms with Crippen molar-refractivity contribution in [3.8, 4) is 12.8 Å². The maximum absolute atomic E-state index is 4.00. The lowest BCUT2D eigenvalue weighted by Gasteiger charge is -1.89. The van der Waals surface area contributed by atoms with Crippen molar-refractivity contribution in [1.29, 1.82) is 0 Å². The minimum Gasteiger partial charge on any atom is -0.149 e. The van der Waals surface area contributed by atoms with E-state index in [0.717, 1.165) is 0 Å². The Morgan fingerprint density at radius 2 is 2.23 bits per heavy atom. The van der Waals surface area contributed by atoms with E-state index in [1.807, 2.05) is 23.1 Å². The number of hydrogen-bond donors (Lipinski definition) is 0. The van der Waals surface area contributed by atoms with Gasteiger partial charge in [-0.2, -0.15) is 0 Å². The third kappa shape index (κ3) is 1.35. The van der Waals surface area contributed by atoms with E-state index >= 15 is 0 Å². The Bertz CT molecular complexity index is 490. The first kappa shape index (κ1) is 9.01. The lowest BCUT2D eigenvalue weighted by molar-refractivity contribution is 1.78. The summed E-state index contributed by atoms with van der Waals surface area (Å²) in [5.74, 6) is 1.22. The molecular formula is C10H8S2Si. The highest BCUT2D eigenvalue weighted by molar-refractivity contribution is 8.08. The molecule has 0 bridgehead atoms. The van der Waals surface area contributed by atoms with Crippen LogP contribution in [0.5, 0.6) is 0 Å². The predicted octanol–water partition coefficient (Wildman–Crippen LogP) is 1.44. The van der Waals surface area contributed by atoms with E-state index in [0.29, 0.717) is 9.13 Å². The largest absolute Gasteiger partial charge is 0.149 e. The highest BCUT2D eigenvalue weighted by Gasteiger charge is 2.15. The van der Waals surface area contributed by atoms with Gasteiger partial charge >= 0.3 is 0 Å². The van der Waals surface area contributed by atoms with Crippen molar-refractivity contribution >= 4 is 37.1 Å². The van der Waals surface area contributed by atoms with Crippen LogP contribution in [0.25, 0.3) is 4.91 Å². The zero-order valence-electron chi connectivity index (χ0n) is 6.99. The molecule has 3 heterocycles. The minimum atomic E-state index is 0.472. The molecule has 64 valence electrons. The van der Waals surface area contributed by atoms with E-state index in [1.165, 1.54) is 5.75 Å². The molecule has 0 aliphatic carbocycles. The average molecular weight is 220 g/mol. The number of rotatable bonds is 0. The van der Waals surface area contributed by atoms with Gasteiger partial charge < -0.3 is 0 Å². The fraction of sp³-hybridized carbons (Fsp3) is 0.100. The predicted molar refractivity (Wildman–Crippen MR) is 63.8 cm³/mol. The summed E-state index contributed by atoms with van der Waals surface area (Å²) in [6.07, 6.45) is 10.4. The highest BCUT2D eigenvalue weighted by atomic mass is 32.2. The monoisotopic (exact) mass is 220 g/mol. The van der Waals surface area contributed by atoms with Crippen LogP contribution in [-0.4, -0.2) is 14.9 Å². The average Bonchev–Trinajstić information content (AvgIpc) is 2.77. The Kier molecular flexibility index (Phi) is 2.54. The van der Waals surface area contributed by atoms with Crippen LogP contribution in [0.15, 0.2) is 22.7 Å². The normalized spacial score (nSPS) is 16.5. The quantitative estimate of drug-likeness (QED) is 0.471. The van der Waals surface area contributed by atoms with Crippen molar-refractivity contribution < 1.29 is 0 Å². The first-order chi connectivity index (χ1) is 6.45. The van der Waals surface area contributed by atoms with Gasteiger partial charge in [0.25, 0.3) is 0 Å². The Hall–Kier alpha value is -0.563. The van der Waals surface area contributed by atoms with E-state index < -0.39 is 0 Å². The van der Waals surface area contributed by atoms with Crippen LogP contribution < -0.4 is 5.22 Å². The molecule has 0 saturated heterocycles. The first-order valence-electron chi connectivity index (χ1n) is 3.91. The van der Waals surface area contributed by atoms with Gasteiger partial charge in [0.2, 0.25) is 0 Å². The van der Waals surface area contributed by atoms with Gasteiger partial charge in [0.05, 0.1) is 9.13 Å². The molecule has 0 saturated carbocycles. The van der Waals surface area contributed by atoms with Gasteiger partial charge in [0.15, 0.2) is 0 Å². The number of thiophene rings is 1. The third-order valence-corrected chi connectivity index (χ3v) is 6.22. The molecule has 0 radical (unpaired) electrons. The highest BCUT2D eigenvalue weighted by Crippen LogP contribution is 2.32. The van der Waals surface area contributed by atoms with E-state index in [1.54, 1.807) is 19.4 Å². The molecule has 3 rings (SSSR count). The summed E-state index contributed by atoms with van der Waals surface area (Å²) in [6, 6.07) is 2.28. The Labute approximate surface area is 87.8 Å². The van der Waals surface area contributed by atoms with E-state index in [4.69, 9.17) is 0 Å². The number of thioether (sulfide) groups is 1. The summed E-state index contributed by atoms with van der Waals surface area (Å²) in [7, 11) is 0.472. The smallest absolute Gasteiger partial charge is 0.0535 e. The van der Waals surface area contributed by atoms with Gasteiger partial charge in [0.1, 0.15) is 0 Å². The summed E-state index contributed by atoms with van der Waals surface area (Å²) < 4.78 is 1.65. The van der Waals surface area contributed by atoms with Crippen molar-refractivity contribution in [3.63, 3.8) is 0 Å². The minimum absolute atomic E-state index is 0.472. The van der Waals surface area contributed by atoms with E-state index in [2.05, 4.69) is 30.4 Å². The maximum atomic E-state index is 4.00. The van der Waals surface area contributed by atoms with Crippen molar-refractivity contribution in [3.05, 3.63) is 32.1 Å². The zero-order chi connectivity index (χ0) is 9.26. The summed E-state index contributed by atoms with van der Waals surface area (Å²) in [4.78, 5) is 1.59. The molecule has 0 aromatic carbocycles. The molecule has 2 aliphatic heterocycles. The lowest BCUT2D eigenvalue weighted by Crippen LogP contribution is -1.94. The summed E-state index contributed by atoms with van der Waals surface area (Å²) >= 11 is 3.94. The molecule has 0 nitrogen and oxygen atoms in total. The standard InChI is InChI=1S/C8H6S2Si.C2H2/c1-3-10-8-5(1)7-6(11-8)2-4-9-7;1-2/h1-3,11H,4H2;1-2H. The van der Waals surface area contributed by atoms with Crippen LogP contribution >= 0.6 is 23.1 Å². The van der Waals surface area contributed by atoms with Gasteiger partial charge in [-0.25, -0.2) is 0 Å². The second-order valence-electron chi connectivity index (χ2n) is 2.64. The van der Waals surface area contributed by atoms with Crippen LogP contribution in [-0.2, 0) is 0 Å². The second-order valence-corrected chi connectivity index (χ2v) is 6.53. The van der Waals surface area contributed by atoms with Crippen molar-refractivity contribution in [2.24, 2.45) is 0 Å². The van der Waals surface area contributed by atoms with Crippen LogP contribution in [0.2, 0.25) is 0 Å². The van der Waals surface area contributed by atoms with Crippen LogP contribution in [0.4, 0.5) is 0 Å². The molecule has 0 spiro atoms. The Morgan fingerprint density at radius 3 is 3.08 bits per heavy atom. The van der Waals surface area contributed by atoms with Crippen LogP contribution in [0, 0.1) is 17.0 Å². The van der Waals surface area contributed by atoms with Gasteiger partial charge in [-0.3, -0.25) is 0 Å². The fourth-order valence-corrected chi connectivity index (χ4v) is 6.03. The summed E-state index contributed by atoms with van der Waals surface area (Å²) in [5, 5.41) is 5.44. The topological polar surface area (TPSA) is 0 Å². The molecule has 0 N–H and O–H groups in total. The number of terminal acetylenes is 1. The maximum Gasteiger partial charge on any atom is 0.0535 e. The Balaban J connectivity index is 0.000000308. The number of hydrogen-bond acceptors (Lipinski definition) is 2. The zero-order valence-corrected chi connectivity index (χ0v) is 9.78. The molecular weight excluding hydrogens is 212 g/mol. The van der Waals surface area contributed by atoms with Gasteiger partial charge in [0, 0.05) is 20.0 Å². The van der Waals surface area contributed by atoms with Gasteiger partial charge in [-0.05, 0) is 16.6 Å². The van der Waals surface area contributed by atoms with Crippen LogP contribution in [0.3, 0.4) is 0 Å². The molecule has 1 aromatic rings. The first-order valence-corrected chi connectivity index (χ1v) is 6.93. The molecule has 0 unspecified atom stereocenters. The van der Waals surface area contributed by atoms with E-state index in [-0.39, 0.29) is 0 Å². The SMILES string of the molecule is C#C.C1=C2[SiH]=c3sccc3=C2SC1. The molecule has 0 atom stereocenters. The summed E-state index contributed by atoms with van der Waals surface area (Å²) in [6.45, 7) is 0. The van der Waals surface area contributed by atoms with Crippen LogP contribution in [0.1, 0.15) is 0 Å². The van der Waals surface area contributed by atoms with E-state index in [9.17, 15) is 0 Å². The van der Waals surface area contributed by atoms with Gasteiger partial charge in [-0.15, -0.1) is 35.9 Å². The fourth-order valence-electron chi connectivity index (χ4n) is 1.51. The molecule has 3 heteroatoms. The Morgan fingerprint density at radius 1 is 1.38 bits per heavy atom. The molecule has 0 amide bonds. The van der Waals surface area contributed by atoms with Crippen molar-refractivity contribution in [2.75, 3.05) is 5.75 Å². The number of fused-ring (bicyclic) bond motifs is 2. The molecule has 0 fully saturated rings. The van der Waals surface area contributed by atoms with Crippen molar-refractivity contribution in [2.45, 2.75) is 0 Å². The molecule has 2 aliphatic rings. The molecule has 1 aromatic heterocycles. The second kappa shape index (κ2) is 3.67. The van der Waals surface area contributed by atoms with Crippen molar-refractivity contribution in [1.82, 2.24) is 0 Å².